The Hall–Kier alpha value is -1.35. The first-order chi connectivity index (χ1) is 9.58. The molecule has 106 valence electrons. The van der Waals surface area contributed by atoms with Crippen LogP contribution in [0.15, 0.2) is 42.5 Å². The van der Waals surface area contributed by atoms with Crippen molar-refractivity contribution < 1.29 is 0 Å². The Labute approximate surface area is 126 Å². The van der Waals surface area contributed by atoms with Crippen LogP contribution in [0.4, 0.5) is 0 Å². The maximum Gasteiger partial charge on any atom is 0.0454 e. The third kappa shape index (κ3) is 3.83. The zero-order valence-corrected chi connectivity index (χ0v) is 13.0. The van der Waals surface area contributed by atoms with Crippen LogP contribution in [0, 0.1) is 13.8 Å². The molecule has 0 saturated carbocycles. The summed E-state index contributed by atoms with van der Waals surface area (Å²) in [4.78, 5) is 0. The van der Waals surface area contributed by atoms with Gasteiger partial charge in [0, 0.05) is 17.6 Å². The first kappa shape index (κ1) is 15.0. The first-order valence-corrected chi connectivity index (χ1v) is 7.24. The molecule has 2 aromatic rings. The number of benzene rings is 2. The van der Waals surface area contributed by atoms with Crippen molar-refractivity contribution >= 4 is 11.6 Å². The predicted molar refractivity (Wildman–Crippen MR) is 85.8 cm³/mol. The zero-order valence-electron chi connectivity index (χ0n) is 12.2. The molecule has 2 rings (SSSR count). The molecule has 3 heteroatoms. The maximum absolute atomic E-state index is 6.19. The molecule has 1 atom stereocenters. The van der Waals surface area contributed by atoms with Crippen molar-refractivity contribution in [3.8, 4) is 0 Å². The number of halogens is 1. The maximum atomic E-state index is 6.19. The summed E-state index contributed by atoms with van der Waals surface area (Å²) >= 11 is 6.19. The fourth-order valence-corrected chi connectivity index (χ4v) is 2.49. The van der Waals surface area contributed by atoms with E-state index >= 15 is 0 Å². The molecule has 0 heterocycles. The van der Waals surface area contributed by atoms with E-state index < -0.39 is 0 Å². The minimum Gasteiger partial charge on any atom is -0.253 e. The van der Waals surface area contributed by atoms with Crippen LogP contribution in [0.1, 0.15) is 35.2 Å². The van der Waals surface area contributed by atoms with Crippen molar-refractivity contribution in [1.29, 1.82) is 0 Å². The molecule has 0 bridgehead atoms. The monoisotopic (exact) mass is 288 g/mol. The highest BCUT2D eigenvalue weighted by molar-refractivity contribution is 6.31. The number of aryl methyl sites for hydroxylation is 2. The molecule has 0 fully saturated rings. The Morgan fingerprint density at radius 3 is 2.60 bits per heavy atom. The third-order valence-corrected chi connectivity index (χ3v) is 3.82. The van der Waals surface area contributed by atoms with Gasteiger partial charge in [-0.1, -0.05) is 53.6 Å². The lowest BCUT2D eigenvalue weighted by Crippen LogP contribution is -2.33. The summed E-state index contributed by atoms with van der Waals surface area (Å²) in [5.74, 6) is 0. The molecular weight excluding hydrogens is 268 g/mol. The van der Waals surface area contributed by atoms with Gasteiger partial charge in [-0.2, -0.15) is 0 Å². The van der Waals surface area contributed by atoms with Crippen molar-refractivity contribution in [2.24, 2.45) is 0 Å². The van der Waals surface area contributed by atoms with E-state index in [2.05, 4.69) is 49.8 Å². The summed E-state index contributed by atoms with van der Waals surface area (Å²) in [5, 5.41) is 0.793. The normalized spacial score (nSPS) is 12.4. The Morgan fingerprint density at radius 2 is 1.85 bits per heavy atom. The minimum absolute atomic E-state index is 0.161. The third-order valence-electron chi connectivity index (χ3n) is 3.47. The minimum atomic E-state index is 0.161. The summed E-state index contributed by atoms with van der Waals surface area (Å²) in [6.45, 7) is 7.14. The van der Waals surface area contributed by atoms with Crippen LogP contribution in [0.5, 0.6) is 0 Å². The van der Waals surface area contributed by atoms with E-state index in [4.69, 9.17) is 11.6 Å². The lowest BCUT2D eigenvalue weighted by Gasteiger charge is -2.17. The van der Waals surface area contributed by atoms with E-state index in [0.29, 0.717) is 0 Å². The molecule has 2 nitrogen and oxygen atoms in total. The fraction of sp³-hybridized carbons (Fsp3) is 0.294. The Morgan fingerprint density at radius 1 is 1.10 bits per heavy atom. The molecule has 0 spiro atoms. The number of nitrogens with one attached hydrogen (secondary N) is 2. The van der Waals surface area contributed by atoms with E-state index in [1.54, 1.807) is 0 Å². The summed E-state index contributed by atoms with van der Waals surface area (Å²) in [5.41, 5.74) is 11.6. The molecule has 0 saturated heterocycles. The number of hydrazine groups is 1. The van der Waals surface area contributed by atoms with Gasteiger partial charge in [-0.15, -0.1) is 0 Å². The highest BCUT2D eigenvalue weighted by Crippen LogP contribution is 2.21. The average molecular weight is 289 g/mol. The molecule has 0 aliphatic rings. The van der Waals surface area contributed by atoms with Gasteiger partial charge in [0.2, 0.25) is 0 Å². The molecular formula is C17H21ClN2. The Balaban J connectivity index is 1.93. The van der Waals surface area contributed by atoms with E-state index in [9.17, 15) is 0 Å². The van der Waals surface area contributed by atoms with Crippen LogP contribution in [0.25, 0.3) is 0 Å². The van der Waals surface area contributed by atoms with Crippen LogP contribution < -0.4 is 10.9 Å². The van der Waals surface area contributed by atoms with Gasteiger partial charge in [-0.3, -0.25) is 10.9 Å². The SMILES string of the molecule is Cc1ccc(C)c(CNNC(C)c2ccccc2Cl)c1. The highest BCUT2D eigenvalue weighted by Gasteiger charge is 2.08. The average Bonchev–Trinajstić information content (AvgIpc) is 2.43. The van der Waals surface area contributed by atoms with Gasteiger partial charge in [-0.25, -0.2) is 0 Å². The molecule has 0 aromatic heterocycles. The highest BCUT2D eigenvalue weighted by atomic mass is 35.5. The van der Waals surface area contributed by atoms with E-state index in [1.165, 1.54) is 16.7 Å². The van der Waals surface area contributed by atoms with Crippen molar-refractivity contribution in [3.05, 3.63) is 69.7 Å². The molecule has 2 aromatic carbocycles. The van der Waals surface area contributed by atoms with Crippen LogP contribution in [0.3, 0.4) is 0 Å². The zero-order chi connectivity index (χ0) is 14.5. The van der Waals surface area contributed by atoms with Crippen LogP contribution in [-0.4, -0.2) is 0 Å². The van der Waals surface area contributed by atoms with E-state index in [1.807, 2.05) is 24.3 Å². The van der Waals surface area contributed by atoms with Gasteiger partial charge in [0.15, 0.2) is 0 Å². The molecule has 0 radical (unpaired) electrons. The summed E-state index contributed by atoms with van der Waals surface area (Å²) in [6.07, 6.45) is 0. The topological polar surface area (TPSA) is 24.1 Å². The van der Waals surface area contributed by atoms with E-state index in [-0.39, 0.29) is 6.04 Å². The van der Waals surface area contributed by atoms with Gasteiger partial charge in [0.05, 0.1) is 0 Å². The van der Waals surface area contributed by atoms with Crippen molar-refractivity contribution in [3.63, 3.8) is 0 Å². The van der Waals surface area contributed by atoms with Crippen LogP contribution >= 0.6 is 11.6 Å². The molecule has 0 aliphatic heterocycles. The second kappa shape index (κ2) is 6.89. The number of rotatable bonds is 5. The van der Waals surface area contributed by atoms with Gasteiger partial charge >= 0.3 is 0 Å². The molecule has 1 unspecified atom stereocenters. The van der Waals surface area contributed by atoms with Gasteiger partial charge in [-0.05, 0) is 43.5 Å². The van der Waals surface area contributed by atoms with Crippen LogP contribution in [-0.2, 0) is 6.54 Å². The smallest absolute Gasteiger partial charge is 0.0454 e. The predicted octanol–water partition coefficient (Wildman–Crippen LogP) is 4.31. The fourth-order valence-electron chi connectivity index (χ4n) is 2.19. The second-order valence-electron chi connectivity index (χ2n) is 5.17. The van der Waals surface area contributed by atoms with E-state index in [0.717, 1.165) is 17.1 Å². The lowest BCUT2D eigenvalue weighted by atomic mass is 10.1. The molecule has 0 aliphatic carbocycles. The first-order valence-electron chi connectivity index (χ1n) is 6.87. The largest absolute Gasteiger partial charge is 0.253 e. The summed E-state index contributed by atoms with van der Waals surface area (Å²) in [6, 6.07) is 14.6. The van der Waals surface area contributed by atoms with Gasteiger partial charge in [0.25, 0.3) is 0 Å². The van der Waals surface area contributed by atoms with Gasteiger partial charge < -0.3 is 0 Å². The molecule has 2 N–H and O–H groups in total. The standard InChI is InChI=1S/C17H21ClN2/c1-12-8-9-13(2)15(10-12)11-19-20-14(3)16-6-4-5-7-17(16)18/h4-10,14,19-20H,11H2,1-3H3. The molecule has 0 amide bonds. The second-order valence-corrected chi connectivity index (χ2v) is 5.58. The van der Waals surface area contributed by atoms with Crippen molar-refractivity contribution in [1.82, 2.24) is 10.9 Å². The number of hydrogen-bond donors (Lipinski definition) is 2. The Bertz CT molecular complexity index is 581. The van der Waals surface area contributed by atoms with Gasteiger partial charge in [0.1, 0.15) is 0 Å². The van der Waals surface area contributed by atoms with Crippen molar-refractivity contribution in [2.45, 2.75) is 33.4 Å². The Kier molecular flexibility index (Phi) is 5.18. The lowest BCUT2D eigenvalue weighted by molar-refractivity contribution is 0.460. The molecule has 20 heavy (non-hydrogen) atoms. The van der Waals surface area contributed by atoms with Crippen LogP contribution in [0.2, 0.25) is 5.02 Å². The summed E-state index contributed by atoms with van der Waals surface area (Å²) in [7, 11) is 0. The number of hydrogen-bond acceptors (Lipinski definition) is 2. The summed E-state index contributed by atoms with van der Waals surface area (Å²) < 4.78 is 0. The quantitative estimate of drug-likeness (QED) is 0.801. The van der Waals surface area contributed by atoms with Crippen molar-refractivity contribution in [2.75, 3.05) is 0 Å².